The van der Waals surface area contributed by atoms with Crippen molar-refractivity contribution in [3.05, 3.63) is 54.9 Å². The van der Waals surface area contributed by atoms with Crippen LogP contribution in [0.25, 0.3) is 0 Å². The molecule has 0 saturated heterocycles. The summed E-state index contributed by atoms with van der Waals surface area (Å²) in [6.07, 6.45) is 0. The van der Waals surface area contributed by atoms with E-state index in [9.17, 15) is 9.18 Å². The van der Waals surface area contributed by atoms with E-state index in [1.54, 1.807) is 12.1 Å². The van der Waals surface area contributed by atoms with Gasteiger partial charge in [-0.25, -0.2) is 4.39 Å². The first-order valence-corrected chi connectivity index (χ1v) is 6.73. The minimum atomic E-state index is -0.527. The fraction of sp³-hybridized carbons (Fsp3) is 0.0833. The maximum atomic E-state index is 13.5. The number of thiophene rings is 1. The average molecular weight is 334 g/mol. The second kappa shape index (κ2) is 4.88. The summed E-state index contributed by atoms with van der Waals surface area (Å²) in [5.74, 6) is -0.871. The van der Waals surface area contributed by atoms with Crippen LogP contribution in [-0.2, 0) is 0 Å². The summed E-state index contributed by atoms with van der Waals surface area (Å²) in [6.45, 7) is 1.81. The number of ketones is 1. The molecule has 2 rings (SSSR count). The number of rotatable bonds is 2. The highest BCUT2D eigenvalue weighted by atomic mass is 79.9. The molecule has 0 saturated carbocycles. The number of hydrogen-bond acceptors (Lipinski definition) is 2. The lowest BCUT2D eigenvalue weighted by molar-refractivity contribution is 0.103. The first kappa shape index (κ1) is 12.7. The molecule has 0 unspecified atom stereocenters. The second-order valence-corrected chi connectivity index (χ2v) is 6.09. The molecule has 2 aromatic rings. The third-order valence-electron chi connectivity index (χ3n) is 2.25. The third-order valence-corrected chi connectivity index (χ3v) is 4.30. The first-order valence-electron chi connectivity index (χ1n) is 4.74. The fourth-order valence-electron chi connectivity index (χ4n) is 1.38. The average Bonchev–Trinajstić information content (AvgIpc) is 2.62. The maximum Gasteiger partial charge on any atom is 0.205 e. The van der Waals surface area contributed by atoms with Gasteiger partial charge in [0, 0.05) is 4.47 Å². The van der Waals surface area contributed by atoms with Gasteiger partial charge in [0.1, 0.15) is 5.82 Å². The molecule has 0 N–H and O–H groups in total. The lowest BCUT2D eigenvalue weighted by Gasteiger charge is -2.00. The fourth-order valence-corrected chi connectivity index (χ4v) is 2.89. The van der Waals surface area contributed by atoms with Crippen LogP contribution < -0.4 is 0 Å². The van der Waals surface area contributed by atoms with Gasteiger partial charge in [-0.2, -0.15) is 0 Å². The van der Waals surface area contributed by atoms with Crippen LogP contribution >= 0.6 is 38.9 Å². The quantitative estimate of drug-likeness (QED) is 0.719. The molecule has 0 bridgehead atoms. The Morgan fingerprint density at radius 3 is 2.71 bits per heavy atom. The number of aryl methyl sites for hydroxylation is 1. The number of benzene rings is 1. The Morgan fingerprint density at radius 1 is 1.41 bits per heavy atom. The summed E-state index contributed by atoms with van der Waals surface area (Å²) in [6, 6.07) is 5.97. The topological polar surface area (TPSA) is 17.1 Å². The summed E-state index contributed by atoms with van der Waals surface area (Å²) in [7, 11) is 0. The highest BCUT2D eigenvalue weighted by molar-refractivity contribution is 9.10. The number of carbonyl (C=O) groups excluding carboxylic acids is 1. The molecule has 0 aliphatic heterocycles. The van der Waals surface area contributed by atoms with Gasteiger partial charge in [0.05, 0.1) is 14.8 Å². The predicted molar refractivity (Wildman–Crippen MR) is 71.6 cm³/mol. The van der Waals surface area contributed by atoms with Gasteiger partial charge in [0.2, 0.25) is 5.78 Å². The van der Waals surface area contributed by atoms with Gasteiger partial charge < -0.3 is 0 Å². The highest BCUT2D eigenvalue weighted by Crippen LogP contribution is 2.29. The van der Waals surface area contributed by atoms with Crippen molar-refractivity contribution in [3.8, 4) is 0 Å². The van der Waals surface area contributed by atoms with Crippen molar-refractivity contribution in [2.45, 2.75) is 6.92 Å². The van der Waals surface area contributed by atoms with Crippen LogP contribution in [0, 0.1) is 12.7 Å². The van der Waals surface area contributed by atoms with Crippen LogP contribution in [0.4, 0.5) is 4.39 Å². The van der Waals surface area contributed by atoms with Gasteiger partial charge in [-0.05, 0) is 36.8 Å². The van der Waals surface area contributed by atoms with Crippen LogP contribution in [0.3, 0.4) is 0 Å². The molecule has 88 valence electrons. The van der Waals surface area contributed by atoms with E-state index < -0.39 is 5.82 Å². The Morgan fingerprint density at radius 2 is 2.12 bits per heavy atom. The lowest BCUT2D eigenvalue weighted by atomic mass is 10.1. The summed E-state index contributed by atoms with van der Waals surface area (Å²) in [5, 5.41) is 0. The molecule has 0 aliphatic carbocycles. The first-order chi connectivity index (χ1) is 7.99. The molecular weight excluding hydrogens is 327 g/mol. The third kappa shape index (κ3) is 2.59. The van der Waals surface area contributed by atoms with Crippen molar-refractivity contribution in [1.82, 2.24) is 0 Å². The Labute approximate surface area is 115 Å². The van der Waals surface area contributed by atoms with Crippen molar-refractivity contribution in [3.63, 3.8) is 0 Å². The smallest absolute Gasteiger partial charge is 0.205 e. The van der Waals surface area contributed by atoms with Crippen LogP contribution in [0.1, 0.15) is 20.8 Å². The molecule has 0 radical (unpaired) electrons. The summed E-state index contributed by atoms with van der Waals surface area (Å²) >= 11 is 10.3. The molecule has 0 spiro atoms. The maximum absolute atomic E-state index is 13.5. The Kier molecular flexibility index (Phi) is 3.66. The minimum Gasteiger partial charge on any atom is -0.288 e. The van der Waals surface area contributed by atoms with E-state index in [-0.39, 0.29) is 11.3 Å². The van der Waals surface area contributed by atoms with Crippen molar-refractivity contribution in [2.75, 3.05) is 0 Å². The van der Waals surface area contributed by atoms with E-state index in [1.165, 1.54) is 23.5 Å². The van der Waals surface area contributed by atoms with E-state index in [0.29, 0.717) is 13.7 Å². The zero-order chi connectivity index (χ0) is 12.6. The minimum absolute atomic E-state index is 0.0530. The highest BCUT2D eigenvalue weighted by Gasteiger charge is 2.17. The van der Waals surface area contributed by atoms with Crippen LogP contribution in [0.2, 0.25) is 4.34 Å². The van der Waals surface area contributed by atoms with Gasteiger partial charge in [-0.3, -0.25) is 4.79 Å². The largest absolute Gasteiger partial charge is 0.288 e. The van der Waals surface area contributed by atoms with Crippen LogP contribution in [0.15, 0.2) is 28.7 Å². The molecule has 1 aromatic heterocycles. The van der Waals surface area contributed by atoms with E-state index in [4.69, 9.17) is 11.6 Å². The van der Waals surface area contributed by atoms with Crippen molar-refractivity contribution in [1.29, 1.82) is 0 Å². The van der Waals surface area contributed by atoms with Crippen LogP contribution in [-0.4, -0.2) is 5.78 Å². The standard InChI is InChI=1S/C12H7BrClFOS/c1-6-4-10(17-12(6)14)11(16)8-5-7(13)2-3-9(8)15/h2-5H,1H3. The van der Waals surface area contributed by atoms with E-state index in [2.05, 4.69) is 15.9 Å². The molecule has 1 nitrogen and oxygen atoms in total. The molecular formula is C12H7BrClFOS. The van der Waals surface area contributed by atoms with Gasteiger partial charge >= 0.3 is 0 Å². The number of carbonyl (C=O) groups is 1. The molecule has 0 atom stereocenters. The van der Waals surface area contributed by atoms with E-state index >= 15 is 0 Å². The van der Waals surface area contributed by atoms with E-state index in [1.807, 2.05) is 6.92 Å². The van der Waals surface area contributed by atoms with Crippen molar-refractivity contribution in [2.24, 2.45) is 0 Å². The summed E-state index contributed by atoms with van der Waals surface area (Å²) < 4.78 is 14.8. The zero-order valence-corrected chi connectivity index (χ0v) is 11.9. The molecule has 0 aliphatic rings. The molecule has 1 aromatic carbocycles. The summed E-state index contributed by atoms with van der Waals surface area (Å²) in [5.41, 5.74) is 0.882. The zero-order valence-electron chi connectivity index (χ0n) is 8.76. The predicted octanol–water partition coefficient (Wildman–Crippen LogP) is 4.84. The van der Waals surface area contributed by atoms with Gasteiger partial charge in [0.25, 0.3) is 0 Å². The molecule has 0 fully saturated rings. The molecule has 17 heavy (non-hydrogen) atoms. The normalized spacial score (nSPS) is 10.6. The van der Waals surface area contributed by atoms with Gasteiger partial charge in [-0.1, -0.05) is 27.5 Å². The monoisotopic (exact) mass is 332 g/mol. The lowest BCUT2D eigenvalue weighted by Crippen LogP contribution is -2.02. The molecule has 5 heteroatoms. The summed E-state index contributed by atoms with van der Waals surface area (Å²) in [4.78, 5) is 12.5. The number of hydrogen-bond donors (Lipinski definition) is 0. The van der Waals surface area contributed by atoms with E-state index in [0.717, 1.165) is 5.56 Å². The number of halogens is 3. The Bertz CT molecular complexity index is 575. The van der Waals surface area contributed by atoms with Gasteiger partial charge in [0.15, 0.2) is 0 Å². The van der Waals surface area contributed by atoms with Crippen LogP contribution in [0.5, 0.6) is 0 Å². The molecule has 0 amide bonds. The Hall–Kier alpha value is -0.710. The molecule has 1 heterocycles. The SMILES string of the molecule is Cc1cc(C(=O)c2cc(Br)ccc2F)sc1Cl. The van der Waals surface area contributed by atoms with Crippen molar-refractivity contribution >= 4 is 44.7 Å². The Balaban J connectivity index is 2.47. The second-order valence-electron chi connectivity index (χ2n) is 3.52. The van der Waals surface area contributed by atoms with Crippen molar-refractivity contribution < 1.29 is 9.18 Å². The van der Waals surface area contributed by atoms with Gasteiger partial charge in [-0.15, -0.1) is 11.3 Å².